The second-order valence-corrected chi connectivity index (χ2v) is 8.65. The van der Waals surface area contributed by atoms with Crippen LogP contribution in [0.1, 0.15) is 22.9 Å². The molecule has 3 N–H and O–H groups in total. The molecule has 1 fully saturated rings. The van der Waals surface area contributed by atoms with Crippen molar-refractivity contribution in [2.45, 2.75) is 30.1 Å². The predicted molar refractivity (Wildman–Crippen MR) is 132 cm³/mol. The highest BCUT2D eigenvalue weighted by atomic mass is 16.6. The molecule has 0 aliphatic carbocycles. The van der Waals surface area contributed by atoms with Crippen LogP contribution in [-0.2, 0) is 15.1 Å². The van der Waals surface area contributed by atoms with Gasteiger partial charge in [-0.1, -0.05) is 91.0 Å². The zero-order chi connectivity index (χ0) is 25.1. The lowest BCUT2D eigenvalue weighted by Gasteiger charge is -2.37. The largest absolute Gasteiger partial charge is 0.387 e. The molecule has 2 heterocycles. The van der Waals surface area contributed by atoms with Gasteiger partial charge in [0.1, 0.15) is 23.9 Å². The Hall–Kier alpha value is -3.82. The van der Waals surface area contributed by atoms with E-state index in [1.165, 1.54) is 6.20 Å². The minimum Gasteiger partial charge on any atom is -0.387 e. The predicted octanol–water partition coefficient (Wildman–Crippen LogP) is 2.16. The summed E-state index contributed by atoms with van der Waals surface area (Å²) in [5.41, 5.74) is 0.289. The van der Waals surface area contributed by atoms with Crippen LogP contribution in [0.5, 0.6) is 0 Å². The number of benzene rings is 3. The number of rotatable bonds is 7. The Labute approximate surface area is 207 Å². The maximum absolute atomic E-state index is 12.3. The average Bonchev–Trinajstić information content (AvgIpc) is 3.19. The summed E-state index contributed by atoms with van der Waals surface area (Å²) in [4.78, 5) is 25.8. The first-order chi connectivity index (χ1) is 17.5. The van der Waals surface area contributed by atoms with Crippen molar-refractivity contribution in [3.05, 3.63) is 141 Å². The monoisotopic (exact) mass is 486 g/mol. The zero-order valence-electron chi connectivity index (χ0n) is 19.3. The Morgan fingerprint density at radius 1 is 0.778 bits per heavy atom. The average molecular weight is 487 g/mol. The van der Waals surface area contributed by atoms with Crippen molar-refractivity contribution < 1.29 is 19.7 Å². The molecule has 184 valence electrons. The zero-order valence-corrected chi connectivity index (χ0v) is 19.3. The number of aliphatic hydroxyl groups is 2. The van der Waals surface area contributed by atoms with E-state index in [-0.39, 0.29) is 6.61 Å². The van der Waals surface area contributed by atoms with Gasteiger partial charge in [0.25, 0.3) is 5.56 Å². The van der Waals surface area contributed by atoms with Crippen LogP contribution in [0.25, 0.3) is 0 Å². The van der Waals surface area contributed by atoms with Crippen molar-refractivity contribution in [2.75, 3.05) is 6.61 Å². The Balaban J connectivity index is 1.52. The van der Waals surface area contributed by atoms with Crippen LogP contribution >= 0.6 is 0 Å². The van der Waals surface area contributed by atoms with E-state index in [0.717, 1.165) is 27.3 Å². The van der Waals surface area contributed by atoms with Crippen molar-refractivity contribution in [2.24, 2.45) is 0 Å². The van der Waals surface area contributed by atoms with Gasteiger partial charge in [0, 0.05) is 12.3 Å². The second kappa shape index (κ2) is 10.0. The molecule has 0 radical (unpaired) electrons. The van der Waals surface area contributed by atoms with Gasteiger partial charge in [0.05, 0.1) is 6.61 Å². The van der Waals surface area contributed by atoms with Gasteiger partial charge >= 0.3 is 5.69 Å². The summed E-state index contributed by atoms with van der Waals surface area (Å²) in [6, 6.07) is 30.4. The molecule has 1 aromatic heterocycles. The number of hydrogen-bond donors (Lipinski definition) is 3. The lowest BCUT2D eigenvalue weighted by Crippen LogP contribution is -2.40. The van der Waals surface area contributed by atoms with Crippen LogP contribution in [0.3, 0.4) is 0 Å². The summed E-state index contributed by atoms with van der Waals surface area (Å²) in [5, 5.41) is 21.5. The highest BCUT2D eigenvalue weighted by Crippen LogP contribution is 2.41. The second-order valence-electron chi connectivity index (χ2n) is 8.65. The van der Waals surface area contributed by atoms with E-state index in [1.807, 2.05) is 91.0 Å². The highest BCUT2D eigenvalue weighted by molar-refractivity contribution is 5.47. The van der Waals surface area contributed by atoms with Crippen LogP contribution in [-0.4, -0.2) is 44.7 Å². The summed E-state index contributed by atoms with van der Waals surface area (Å²) < 4.78 is 13.6. The number of hydrogen-bond acceptors (Lipinski definition) is 6. The molecule has 3 aromatic carbocycles. The number of ether oxygens (including phenoxy) is 2. The van der Waals surface area contributed by atoms with Gasteiger partial charge in [0.15, 0.2) is 6.23 Å². The molecular formula is C28H26N2O6. The van der Waals surface area contributed by atoms with Crippen molar-refractivity contribution in [3.8, 4) is 0 Å². The van der Waals surface area contributed by atoms with Gasteiger partial charge in [0.2, 0.25) is 0 Å². The first-order valence-electron chi connectivity index (χ1n) is 11.6. The molecule has 8 heteroatoms. The van der Waals surface area contributed by atoms with E-state index in [4.69, 9.17) is 9.47 Å². The minimum absolute atomic E-state index is 0.0918. The van der Waals surface area contributed by atoms with Crippen molar-refractivity contribution in [3.63, 3.8) is 0 Å². The van der Waals surface area contributed by atoms with Gasteiger partial charge in [-0.15, -0.1) is 0 Å². The highest BCUT2D eigenvalue weighted by Gasteiger charge is 2.46. The minimum atomic E-state index is -1.40. The molecule has 0 unspecified atom stereocenters. The van der Waals surface area contributed by atoms with E-state index in [2.05, 4.69) is 4.98 Å². The molecular weight excluding hydrogens is 460 g/mol. The molecule has 1 saturated heterocycles. The van der Waals surface area contributed by atoms with Crippen molar-refractivity contribution in [1.82, 2.24) is 9.55 Å². The number of nitrogens with one attached hydrogen (secondary N) is 1. The number of nitrogens with zero attached hydrogens (tertiary/aromatic N) is 1. The molecule has 0 amide bonds. The number of aromatic amines is 1. The fourth-order valence-electron chi connectivity index (χ4n) is 4.70. The molecule has 8 nitrogen and oxygen atoms in total. The standard InChI is InChI=1S/C28H26N2O6/c31-23-16-17-30(27(34)29-23)26-25(33)24(32)22(36-26)18-35-28(19-10-4-1-5-11-19,20-12-6-2-7-13-20)21-14-8-3-9-15-21/h1-17,22,24-26,32-33H,18H2,(H,29,31,34)/t22-,24+,25+,26-/m0/s1. The Morgan fingerprint density at radius 3 is 1.75 bits per heavy atom. The molecule has 5 rings (SSSR count). The van der Waals surface area contributed by atoms with Crippen LogP contribution in [0.2, 0.25) is 0 Å². The topological polar surface area (TPSA) is 114 Å². The Morgan fingerprint density at radius 2 is 1.28 bits per heavy atom. The maximum Gasteiger partial charge on any atom is 0.330 e. The van der Waals surface area contributed by atoms with Gasteiger partial charge in [-0.25, -0.2) is 4.79 Å². The third-order valence-corrected chi connectivity index (χ3v) is 6.47. The fourth-order valence-corrected chi connectivity index (χ4v) is 4.70. The lowest BCUT2D eigenvalue weighted by molar-refractivity contribution is -0.0958. The SMILES string of the molecule is O=c1ccn([C@H]2O[C@@H](COC(c3ccccc3)(c3ccccc3)c3ccccc3)[C@@H](O)[C@H]2O)c(=O)[nH]1. The summed E-state index contributed by atoms with van der Waals surface area (Å²) in [6.07, 6.45) is -3.62. The van der Waals surface area contributed by atoms with E-state index in [0.29, 0.717) is 0 Å². The summed E-state index contributed by atoms with van der Waals surface area (Å²) >= 11 is 0. The van der Waals surface area contributed by atoms with Crippen LogP contribution < -0.4 is 11.2 Å². The molecule has 0 spiro atoms. The van der Waals surface area contributed by atoms with Crippen LogP contribution in [0.4, 0.5) is 0 Å². The molecule has 1 aliphatic heterocycles. The Kier molecular flexibility index (Phi) is 6.67. The molecule has 4 aromatic rings. The first-order valence-corrected chi connectivity index (χ1v) is 11.6. The number of aromatic nitrogens is 2. The van der Waals surface area contributed by atoms with Gasteiger partial charge < -0.3 is 19.7 Å². The lowest BCUT2D eigenvalue weighted by atomic mass is 9.80. The molecule has 1 aliphatic rings. The Bertz CT molecular complexity index is 1310. The van der Waals surface area contributed by atoms with E-state index < -0.39 is 41.4 Å². The summed E-state index contributed by atoms with van der Waals surface area (Å²) in [7, 11) is 0. The van der Waals surface area contributed by atoms with Crippen LogP contribution in [0.15, 0.2) is 113 Å². The third-order valence-electron chi connectivity index (χ3n) is 6.47. The van der Waals surface area contributed by atoms with E-state index in [1.54, 1.807) is 0 Å². The third kappa shape index (κ3) is 4.31. The summed E-state index contributed by atoms with van der Waals surface area (Å²) in [5.74, 6) is 0. The van der Waals surface area contributed by atoms with Crippen molar-refractivity contribution in [1.29, 1.82) is 0 Å². The molecule has 4 atom stereocenters. The fraction of sp³-hybridized carbons (Fsp3) is 0.214. The molecule has 0 bridgehead atoms. The van der Waals surface area contributed by atoms with Crippen molar-refractivity contribution >= 4 is 0 Å². The quantitative estimate of drug-likeness (QED) is 0.345. The number of aliphatic hydroxyl groups excluding tert-OH is 2. The maximum atomic E-state index is 12.3. The van der Waals surface area contributed by atoms with E-state index >= 15 is 0 Å². The van der Waals surface area contributed by atoms with Crippen LogP contribution in [0, 0.1) is 0 Å². The first kappa shape index (κ1) is 23.9. The normalized spacial score (nSPS) is 21.9. The molecule has 0 saturated carbocycles. The van der Waals surface area contributed by atoms with Gasteiger partial charge in [-0.05, 0) is 16.7 Å². The summed E-state index contributed by atoms with van der Waals surface area (Å²) in [6.45, 7) is -0.0918. The smallest absolute Gasteiger partial charge is 0.330 e. The van der Waals surface area contributed by atoms with Gasteiger partial charge in [-0.3, -0.25) is 14.3 Å². The number of H-pyrrole nitrogens is 1. The molecule has 36 heavy (non-hydrogen) atoms. The van der Waals surface area contributed by atoms with Gasteiger partial charge in [-0.2, -0.15) is 0 Å². The van der Waals surface area contributed by atoms with E-state index in [9.17, 15) is 19.8 Å².